The van der Waals surface area contributed by atoms with Gasteiger partial charge in [-0.05, 0) is 40.5 Å². The molecule has 1 aliphatic carbocycles. The molecule has 0 atom stereocenters. The van der Waals surface area contributed by atoms with Crippen LogP contribution in [0.4, 0.5) is 9.93 Å². The Morgan fingerprint density at radius 3 is 2.65 bits per heavy atom. The second-order valence-corrected chi connectivity index (χ2v) is 7.28. The standard InChI is InChI=1S/C13H21N3O3S/c1-7-9(13(14)5-8(17)6-13)20-10(15-7)16-11(18)19-12(2,3)4/h8,17H,5-6,14H2,1-4H3,(H,15,16,18). The highest BCUT2D eigenvalue weighted by molar-refractivity contribution is 7.16. The van der Waals surface area contributed by atoms with E-state index in [1.807, 2.05) is 6.92 Å². The Morgan fingerprint density at radius 1 is 1.55 bits per heavy atom. The highest BCUT2D eigenvalue weighted by atomic mass is 32.1. The number of aliphatic hydroxyl groups excluding tert-OH is 1. The Labute approximate surface area is 122 Å². The lowest BCUT2D eigenvalue weighted by Gasteiger charge is -2.41. The summed E-state index contributed by atoms with van der Waals surface area (Å²) < 4.78 is 5.18. The number of anilines is 1. The molecule has 0 radical (unpaired) electrons. The molecule has 1 aromatic heterocycles. The quantitative estimate of drug-likeness (QED) is 0.777. The van der Waals surface area contributed by atoms with Gasteiger partial charge in [0.2, 0.25) is 0 Å². The fourth-order valence-electron chi connectivity index (χ4n) is 2.27. The molecule has 6 nitrogen and oxygen atoms in total. The molecule has 4 N–H and O–H groups in total. The molecule has 2 rings (SSSR count). The van der Waals surface area contributed by atoms with Crippen LogP contribution in [0.1, 0.15) is 44.2 Å². The normalized spacial score (nSPS) is 26.0. The van der Waals surface area contributed by atoms with Crippen molar-refractivity contribution in [3.8, 4) is 0 Å². The number of aryl methyl sites for hydroxylation is 1. The van der Waals surface area contributed by atoms with Crippen LogP contribution >= 0.6 is 11.3 Å². The first-order valence-electron chi connectivity index (χ1n) is 6.54. The van der Waals surface area contributed by atoms with Crippen molar-refractivity contribution in [3.63, 3.8) is 0 Å². The van der Waals surface area contributed by atoms with Gasteiger partial charge in [-0.15, -0.1) is 0 Å². The Hall–Kier alpha value is -1.18. The minimum atomic E-state index is -0.549. The average Bonchev–Trinajstić information content (AvgIpc) is 2.54. The van der Waals surface area contributed by atoms with Crippen LogP contribution in [0.15, 0.2) is 0 Å². The summed E-state index contributed by atoms with van der Waals surface area (Å²) in [5.74, 6) is 0. The molecule has 7 heteroatoms. The van der Waals surface area contributed by atoms with Gasteiger partial charge < -0.3 is 15.6 Å². The van der Waals surface area contributed by atoms with Crippen LogP contribution in [0, 0.1) is 6.92 Å². The lowest BCUT2D eigenvalue weighted by Crippen LogP contribution is -2.51. The molecule has 20 heavy (non-hydrogen) atoms. The molecule has 0 unspecified atom stereocenters. The molecule has 0 spiro atoms. The highest BCUT2D eigenvalue weighted by Crippen LogP contribution is 2.44. The number of ether oxygens (including phenoxy) is 1. The second-order valence-electron chi connectivity index (χ2n) is 6.28. The van der Waals surface area contributed by atoms with E-state index < -0.39 is 17.2 Å². The number of aromatic nitrogens is 1. The van der Waals surface area contributed by atoms with Gasteiger partial charge in [0.05, 0.1) is 17.3 Å². The second kappa shape index (κ2) is 4.98. The number of nitrogens with two attached hydrogens (primary N) is 1. The van der Waals surface area contributed by atoms with Crippen molar-refractivity contribution in [2.75, 3.05) is 5.32 Å². The van der Waals surface area contributed by atoms with E-state index in [-0.39, 0.29) is 6.10 Å². The molecule has 112 valence electrons. The number of carbonyl (C=O) groups is 1. The first-order chi connectivity index (χ1) is 9.09. The number of aliphatic hydroxyl groups is 1. The van der Waals surface area contributed by atoms with Gasteiger partial charge in [-0.2, -0.15) is 0 Å². The number of rotatable bonds is 2. The first kappa shape index (κ1) is 15.2. The minimum Gasteiger partial charge on any atom is -0.444 e. The fraction of sp³-hybridized carbons (Fsp3) is 0.692. The summed E-state index contributed by atoms with van der Waals surface area (Å²) in [6, 6.07) is 0. The molecule has 0 aliphatic heterocycles. The average molecular weight is 299 g/mol. The largest absolute Gasteiger partial charge is 0.444 e. The van der Waals surface area contributed by atoms with Gasteiger partial charge in [-0.25, -0.2) is 9.78 Å². The van der Waals surface area contributed by atoms with Gasteiger partial charge in [-0.1, -0.05) is 11.3 Å². The third-order valence-corrected chi connectivity index (χ3v) is 4.35. The van der Waals surface area contributed by atoms with Crippen molar-refractivity contribution in [1.82, 2.24) is 4.98 Å². The number of nitrogens with zero attached hydrogens (tertiary/aromatic N) is 1. The fourth-order valence-corrected chi connectivity index (χ4v) is 3.34. The van der Waals surface area contributed by atoms with E-state index in [2.05, 4.69) is 10.3 Å². The molecule has 0 bridgehead atoms. The van der Waals surface area contributed by atoms with Crippen LogP contribution in [0.3, 0.4) is 0 Å². The maximum absolute atomic E-state index is 11.7. The van der Waals surface area contributed by atoms with E-state index in [1.165, 1.54) is 11.3 Å². The summed E-state index contributed by atoms with van der Waals surface area (Å²) in [7, 11) is 0. The summed E-state index contributed by atoms with van der Waals surface area (Å²) in [5, 5.41) is 12.5. The number of thiazole rings is 1. The lowest BCUT2D eigenvalue weighted by molar-refractivity contribution is 0.0223. The van der Waals surface area contributed by atoms with Crippen molar-refractivity contribution in [1.29, 1.82) is 0 Å². The van der Waals surface area contributed by atoms with Crippen molar-refractivity contribution < 1.29 is 14.6 Å². The lowest BCUT2D eigenvalue weighted by atomic mass is 9.74. The molecular formula is C13H21N3O3S. The Kier molecular flexibility index (Phi) is 3.79. The van der Waals surface area contributed by atoms with E-state index in [0.29, 0.717) is 18.0 Å². The highest BCUT2D eigenvalue weighted by Gasteiger charge is 2.44. The van der Waals surface area contributed by atoms with E-state index >= 15 is 0 Å². The van der Waals surface area contributed by atoms with Crippen LogP contribution < -0.4 is 11.1 Å². The molecule has 1 aliphatic rings. The number of nitrogens with one attached hydrogen (secondary N) is 1. The van der Waals surface area contributed by atoms with E-state index in [9.17, 15) is 9.90 Å². The minimum absolute atomic E-state index is 0.344. The predicted molar refractivity (Wildman–Crippen MR) is 77.8 cm³/mol. The predicted octanol–water partition coefficient (Wildman–Crippen LogP) is 2.11. The van der Waals surface area contributed by atoms with Crippen LogP contribution in [0.25, 0.3) is 0 Å². The molecule has 1 saturated carbocycles. The Balaban J connectivity index is 2.07. The van der Waals surface area contributed by atoms with Gasteiger partial charge in [0.15, 0.2) is 5.13 Å². The smallest absolute Gasteiger partial charge is 0.413 e. The SMILES string of the molecule is Cc1nc(NC(=O)OC(C)(C)C)sc1C1(N)CC(O)C1. The first-order valence-corrected chi connectivity index (χ1v) is 7.35. The molecule has 0 saturated heterocycles. The number of hydrogen-bond donors (Lipinski definition) is 3. The van der Waals surface area contributed by atoms with Crippen LogP contribution in [-0.4, -0.2) is 27.9 Å². The maximum Gasteiger partial charge on any atom is 0.413 e. The molecule has 1 amide bonds. The van der Waals surface area contributed by atoms with Crippen molar-refractivity contribution in [2.45, 2.75) is 57.8 Å². The van der Waals surface area contributed by atoms with Crippen LogP contribution in [0.5, 0.6) is 0 Å². The van der Waals surface area contributed by atoms with Crippen LogP contribution in [-0.2, 0) is 10.3 Å². The van der Waals surface area contributed by atoms with Crippen molar-refractivity contribution in [2.24, 2.45) is 5.73 Å². The topological polar surface area (TPSA) is 97.5 Å². The third-order valence-electron chi connectivity index (χ3n) is 3.06. The molecule has 0 aromatic carbocycles. The summed E-state index contributed by atoms with van der Waals surface area (Å²) in [5.41, 5.74) is 5.95. The zero-order valence-electron chi connectivity index (χ0n) is 12.2. The van der Waals surface area contributed by atoms with Gasteiger partial charge in [-0.3, -0.25) is 5.32 Å². The maximum atomic E-state index is 11.7. The van der Waals surface area contributed by atoms with Gasteiger partial charge >= 0.3 is 6.09 Å². The number of carbonyl (C=O) groups excluding carboxylic acids is 1. The number of amides is 1. The van der Waals surface area contributed by atoms with Gasteiger partial charge in [0.1, 0.15) is 5.60 Å². The summed E-state index contributed by atoms with van der Waals surface area (Å²) >= 11 is 1.34. The van der Waals surface area contributed by atoms with Crippen molar-refractivity contribution in [3.05, 3.63) is 10.6 Å². The Bertz CT molecular complexity index is 515. The summed E-state index contributed by atoms with van der Waals surface area (Å²) in [4.78, 5) is 16.9. The van der Waals surface area contributed by atoms with E-state index in [0.717, 1.165) is 10.6 Å². The zero-order valence-corrected chi connectivity index (χ0v) is 13.0. The molecular weight excluding hydrogens is 278 g/mol. The van der Waals surface area contributed by atoms with E-state index in [4.69, 9.17) is 10.5 Å². The molecule has 1 aromatic rings. The van der Waals surface area contributed by atoms with Gasteiger partial charge in [0.25, 0.3) is 0 Å². The Morgan fingerprint density at radius 2 is 2.15 bits per heavy atom. The van der Waals surface area contributed by atoms with Gasteiger partial charge in [0, 0.05) is 4.88 Å². The summed E-state index contributed by atoms with van der Waals surface area (Å²) in [6.07, 6.45) is 0.186. The van der Waals surface area contributed by atoms with E-state index in [1.54, 1.807) is 20.8 Å². The number of hydrogen-bond acceptors (Lipinski definition) is 6. The third kappa shape index (κ3) is 3.28. The summed E-state index contributed by atoms with van der Waals surface area (Å²) in [6.45, 7) is 7.26. The molecule has 1 fully saturated rings. The van der Waals surface area contributed by atoms with Crippen molar-refractivity contribution >= 4 is 22.6 Å². The zero-order chi connectivity index (χ0) is 15.1. The van der Waals surface area contributed by atoms with Crippen LogP contribution in [0.2, 0.25) is 0 Å². The molecule has 1 heterocycles. The monoisotopic (exact) mass is 299 g/mol.